The molecule has 0 amide bonds. The molecule has 2 nitrogen and oxygen atoms in total. The summed E-state index contributed by atoms with van der Waals surface area (Å²) in [5.74, 6) is 0.806. The van der Waals surface area contributed by atoms with Gasteiger partial charge in [0.05, 0.1) is 11.7 Å². The highest BCUT2D eigenvalue weighted by molar-refractivity contribution is 5.20. The minimum Gasteiger partial charge on any atom is -0.389 e. The zero-order valence-corrected chi connectivity index (χ0v) is 14.9. The first-order valence-corrected chi connectivity index (χ1v) is 8.76. The number of aliphatic hydroxyl groups excluding tert-OH is 1. The van der Waals surface area contributed by atoms with Crippen molar-refractivity contribution in [2.24, 2.45) is 22.7 Å². The summed E-state index contributed by atoms with van der Waals surface area (Å²) in [7, 11) is 0. The third kappa shape index (κ3) is 3.05. The first kappa shape index (κ1) is 17.7. The van der Waals surface area contributed by atoms with Gasteiger partial charge in [-0.25, -0.2) is 0 Å². The van der Waals surface area contributed by atoms with Crippen LogP contribution in [-0.2, 0) is 0 Å². The molecule has 0 aromatic carbocycles. The Morgan fingerprint density at radius 3 is 2.55 bits per heavy atom. The number of aliphatic hydroxyl groups is 2. The van der Waals surface area contributed by atoms with E-state index >= 15 is 0 Å². The smallest absolute Gasteiger partial charge is 0.0797 e. The van der Waals surface area contributed by atoms with E-state index in [4.69, 9.17) is 0 Å². The second-order valence-electron chi connectivity index (χ2n) is 8.88. The molecular weight excluding hydrogens is 272 g/mol. The van der Waals surface area contributed by atoms with E-state index < -0.39 is 11.7 Å². The molecule has 0 unspecified atom stereocenters. The summed E-state index contributed by atoms with van der Waals surface area (Å²) >= 11 is 0. The lowest BCUT2D eigenvalue weighted by molar-refractivity contribution is -0.0868. The minimum atomic E-state index is -0.835. The second-order valence-corrected chi connectivity index (χ2v) is 8.88. The van der Waals surface area contributed by atoms with Crippen LogP contribution in [0.3, 0.4) is 0 Å². The van der Waals surface area contributed by atoms with Crippen LogP contribution in [0.4, 0.5) is 0 Å². The van der Waals surface area contributed by atoms with Gasteiger partial charge in [-0.3, -0.25) is 0 Å². The molecule has 2 heteroatoms. The van der Waals surface area contributed by atoms with Gasteiger partial charge in [-0.1, -0.05) is 39.8 Å². The predicted molar refractivity (Wildman–Crippen MR) is 92.5 cm³/mol. The summed E-state index contributed by atoms with van der Waals surface area (Å²) in [5.41, 5.74) is 0.610. The topological polar surface area (TPSA) is 40.5 Å². The van der Waals surface area contributed by atoms with Gasteiger partial charge in [0.25, 0.3) is 0 Å². The van der Waals surface area contributed by atoms with Crippen LogP contribution < -0.4 is 0 Å². The van der Waals surface area contributed by atoms with Gasteiger partial charge in [0.15, 0.2) is 0 Å². The Balaban J connectivity index is 2.28. The SMILES string of the molecule is C=C[C@](C)(O)CC[C@H]1C(=C)[C@H](O)C[C@@H]2C(C)(C)CCC[C@@]21C. The highest BCUT2D eigenvalue weighted by Crippen LogP contribution is 2.61. The van der Waals surface area contributed by atoms with E-state index in [1.165, 1.54) is 19.3 Å². The molecule has 22 heavy (non-hydrogen) atoms. The molecule has 0 heterocycles. The zero-order chi connectivity index (χ0) is 16.8. The van der Waals surface area contributed by atoms with Crippen LogP contribution in [-0.4, -0.2) is 21.9 Å². The molecule has 126 valence electrons. The van der Waals surface area contributed by atoms with Gasteiger partial charge in [0.1, 0.15) is 0 Å². The summed E-state index contributed by atoms with van der Waals surface area (Å²) in [5, 5.41) is 20.8. The third-order valence-electron chi connectivity index (χ3n) is 6.79. The molecule has 2 saturated carbocycles. The highest BCUT2D eigenvalue weighted by Gasteiger charge is 2.54. The average molecular weight is 306 g/mol. The summed E-state index contributed by atoms with van der Waals surface area (Å²) in [6.45, 7) is 16.9. The van der Waals surface area contributed by atoms with E-state index in [0.29, 0.717) is 12.3 Å². The molecule has 0 bridgehead atoms. The fourth-order valence-corrected chi connectivity index (χ4v) is 5.26. The predicted octanol–water partition coefficient (Wildman–Crippen LogP) is 4.47. The maximum absolute atomic E-state index is 10.5. The molecular formula is C20H34O2. The van der Waals surface area contributed by atoms with E-state index in [0.717, 1.165) is 18.4 Å². The molecule has 0 aliphatic heterocycles. The molecule has 0 spiro atoms. The fourth-order valence-electron chi connectivity index (χ4n) is 5.26. The Labute approximate surface area is 136 Å². The van der Waals surface area contributed by atoms with Crippen molar-refractivity contribution >= 4 is 0 Å². The van der Waals surface area contributed by atoms with Crippen molar-refractivity contribution in [2.75, 3.05) is 0 Å². The van der Waals surface area contributed by atoms with Gasteiger partial charge in [-0.2, -0.15) is 0 Å². The van der Waals surface area contributed by atoms with Gasteiger partial charge >= 0.3 is 0 Å². The average Bonchev–Trinajstić information content (AvgIpc) is 2.41. The van der Waals surface area contributed by atoms with E-state index in [9.17, 15) is 10.2 Å². The van der Waals surface area contributed by atoms with Gasteiger partial charge in [-0.05, 0) is 67.3 Å². The van der Waals surface area contributed by atoms with E-state index in [1.807, 2.05) is 6.92 Å². The van der Waals surface area contributed by atoms with Crippen molar-refractivity contribution < 1.29 is 10.2 Å². The van der Waals surface area contributed by atoms with Crippen molar-refractivity contribution in [1.29, 1.82) is 0 Å². The lowest BCUT2D eigenvalue weighted by Gasteiger charge is -2.59. The first-order chi connectivity index (χ1) is 10.0. The molecule has 2 aliphatic carbocycles. The molecule has 0 aromatic rings. The Hall–Kier alpha value is -0.600. The van der Waals surface area contributed by atoms with Gasteiger partial charge in [0, 0.05) is 0 Å². The molecule has 0 saturated heterocycles. The van der Waals surface area contributed by atoms with E-state index in [2.05, 4.69) is 33.9 Å². The van der Waals surface area contributed by atoms with Crippen molar-refractivity contribution in [3.8, 4) is 0 Å². The highest BCUT2D eigenvalue weighted by atomic mass is 16.3. The first-order valence-electron chi connectivity index (χ1n) is 8.76. The summed E-state index contributed by atoms with van der Waals surface area (Å²) < 4.78 is 0. The summed E-state index contributed by atoms with van der Waals surface area (Å²) in [4.78, 5) is 0. The number of hydrogen-bond acceptors (Lipinski definition) is 2. The number of fused-ring (bicyclic) bond motifs is 1. The van der Waals surface area contributed by atoms with Crippen LogP contribution in [0, 0.1) is 22.7 Å². The van der Waals surface area contributed by atoms with Gasteiger partial charge in [0.2, 0.25) is 0 Å². The second kappa shape index (κ2) is 5.79. The fraction of sp³-hybridized carbons (Fsp3) is 0.800. The Morgan fingerprint density at radius 2 is 1.95 bits per heavy atom. The molecule has 2 fully saturated rings. The molecule has 2 N–H and O–H groups in total. The summed E-state index contributed by atoms with van der Waals surface area (Å²) in [6.07, 6.45) is 7.31. The third-order valence-corrected chi connectivity index (χ3v) is 6.79. The lowest BCUT2D eigenvalue weighted by atomic mass is 9.46. The van der Waals surface area contributed by atoms with Crippen LogP contribution in [0.15, 0.2) is 24.8 Å². The summed E-state index contributed by atoms with van der Waals surface area (Å²) in [6, 6.07) is 0. The van der Waals surface area contributed by atoms with Crippen molar-refractivity contribution in [1.82, 2.24) is 0 Å². The molecule has 0 aromatic heterocycles. The number of rotatable bonds is 4. The maximum atomic E-state index is 10.5. The van der Waals surface area contributed by atoms with Gasteiger partial charge in [-0.15, -0.1) is 6.58 Å². The van der Waals surface area contributed by atoms with Crippen molar-refractivity contribution in [3.05, 3.63) is 24.8 Å². The van der Waals surface area contributed by atoms with Crippen LogP contribution in [0.5, 0.6) is 0 Å². The van der Waals surface area contributed by atoms with Crippen LogP contribution in [0.1, 0.15) is 66.2 Å². The normalized spacial score (nSPS) is 40.6. The van der Waals surface area contributed by atoms with Crippen molar-refractivity contribution in [3.63, 3.8) is 0 Å². The zero-order valence-electron chi connectivity index (χ0n) is 14.9. The van der Waals surface area contributed by atoms with Crippen molar-refractivity contribution in [2.45, 2.75) is 77.9 Å². The number of hydrogen-bond donors (Lipinski definition) is 2. The molecule has 2 rings (SSSR count). The van der Waals surface area contributed by atoms with Crippen LogP contribution in [0.25, 0.3) is 0 Å². The largest absolute Gasteiger partial charge is 0.389 e. The quantitative estimate of drug-likeness (QED) is 0.752. The van der Waals surface area contributed by atoms with E-state index in [-0.39, 0.29) is 16.7 Å². The lowest BCUT2D eigenvalue weighted by Crippen LogP contribution is -2.53. The Bertz CT molecular complexity index is 449. The Kier molecular flexibility index (Phi) is 4.68. The minimum absolute atomic E-state index is 0.190. The standard InChI is InChI=1S/C20H34O2/c1-7-19(5,22)12-9-15-14(2)16(21)13-17-18(3,4)10-8-11-20(15,17)6/h7,15-17,21-22H,1-2,8-13H2,3-6H3/t15-,16+,17+,19-,20+/m0/s1. The monoisotopic (exact) mass is 306 g/mol. The van der Waals surface area contributed by atoms with Crippen LogP contribution in [0.2, 0.25) is 0 Å². The molecule has 5 atom stereocenters. The van der Waals surface area contributed by atoms with Gasteiger partial charge < -0.3 is 10.2 Å². The Morgan fingerprint density at radius 1 is 1.32 bits per heavy atom. The maximum Gasteiger partial charge on any atom is 0.0797 e. The molecule has 2 aliphatic rings. The van der Waals surface area contributed by atoms with E-state index in [1.54, 1.807) is 6.08 Å². The van der Waals surface area contributed by atoms with Crippen LogP contribution >= 0.6 is 0 Å². The molecule has 0 radical (unpaired) electrons.